The molecule has 11 aliphatic rings. The van der Waals surface area contributed by atoms with Crippen LogP contribution in [-0.2, 0) is 90.0 Å². The number of carbonyl (C=O) groups is 4. The third-order valence-electron chi connectivity index (χ3n) is 23.4. The molecule has 4 aliphatic heterocycles. The number of hydrogen-bond donors (Lipinski definition) is 0. The van der Waals surface area contributed by atoms with Crippen molar-refractivity contribution >= 4 is 107 Å². The quantitative estimate of drug-likeness (QED) is 0.0200. The Hall–Kier alpha value is -1.62. The van der Waals surface area contributed by atoms with E-state index in [9.17, 15) is 19.2 Å². The normalized spacial score (nSPS) is 24.6. The Morgan fingerprint density at radius 2 is 0.690 bits per heavy atom. The van der Waals surface area contributed by atoms with Crippen LogP contribution in [-0.4, -0.2) is 277 Å². The van der Waals surface area contributed by atoms with Crippen molar-refractivity contribution in [2.45, 2.75) is 471 Å². The van der Waals surface area contributed by atoms with E-state index in [4.69, 9.17) is 90.0 Å². The lowest BCUT2D eigenvalue weighted by Crippen LogP contribution is -2.31. The number of hydrogen-bond acceptors (Lipinski definition) is 23. The average molecular weight is 1980 g/mol. The Labute approximate surface area is 815 Å². The monoisotopic (exact) mass is 1980 g/mol. The molecule has 11 fully saturated rings. The summed E-state index contributed by atoms with van der Waals surface area (Å²) < 4.78 is 100. The molecule has 0 aromatic heterocycles. The van der Waals surface area contributed by atoms with Crippen molar-refractivity contribution < 1.29 is 109 Å². The van der Waals surface area contributed by atoms with Crippen molar-refractivity contribution in [3.8, 4) is 0 Å². The fourth-order valence-electron chi connectivity index (χ4n) is 17.2. The summed E-state index contributed by atoms with van der Waals surface area (Å²) in [6, 6.07) is 5.21. The van der Waals surface area contributed by atoms with Crippen LogP contribution in [0.3, 0.4) is 0 Å². The Balaban J connectivity index is -0.00000137. The van der Waals surface area contributed by atoms with E-state index in [1.807, 2.05) is 125 Å². The van der Waals surface area contributed by atoms with Crippen LogP contribution in [0, 0.1) is 47.3 Å². The van der Waals surface area contributed by atoms with Gasteiger partial charge in [-0.25, -0.2) is 19.2 Å². The predicted octanol–water partition coefficient (Wildman–Crippen LogP) is 16.5. The van der Waals surface area contributed by atoms with Gasteiger partial charge in [-0.1, -0.05) is 102 Å². The molecule has 129 heavy (non-hydrogen) atoms. The first-order valence-corrected chi connectivity index (χ1v) is 66.1. The Morgan fingerprint density at radius 3 is 1.02 bits per heavy atom. The van der Waals surface area contributed by atoms with Crippen molar-refractivity contribution in [1.82, 2.24) is 0 Å². The fourth-order valence-corrected chi connectivity index (χ4v) is 18.4. The van der Waals surface area contributed by atoms with E-state index in [0.29, 0.717) is 74.7 Å². The predicted molar refractivity (Wildman–Crippen MR) is 561 cm³/mol. The molecule has 4 heterocycles. The minimum absolute atomic E-state index is 0.0147. The third kappa shape index (κ3) is 71.5. The lowest BCUT2D eigenvalue weighted by Gasteiger charge is -2.32. The standard InChI is InChI=1S/C13H22O3.C12H20O4.C12H22O2.C12H22O.2C11H20O3.C8H18O3Si.C7H18O2Si.2C4H12OSi.4CH6Si/c1-13(2,3)16-12(14)15-8-11-7-9-4-5-10(11)6-9;1-12(2,3)16-11(13)14-7-8-6-9-4-5-10(8)15-9;1-3-13-9(2)14-8-12-7-10-4-5-11(12)6-10;1-12(9-5-6-10-12)13-11-7-3-2-4-8-11;1-3-12-8(2)13-7-9-6-10-4-5-11(9)14-10;1-11(2,3)14-10(12)13-9-7-5-4-6-8-9;1-8(2,3)11-7(9)10-5-4-6-12;1-3-8-7(2)9-5-4-6-10;2*1-5-3-2-4-6;4*1-2/h9-11H,4-8H2,1-3H3;8-10H,4-7H2,1-3H3;9-12H,3-8H2,1-2H3;11H,2-10H2,1H3;8-11H,3-7H2,1-2H3;9H,4-8H2,1-3H3;4-6H2,1-3,12H3;7H,3-6H2,1-2,10H3;2*2-4H2,1,6H3;4*1-2H3. The average Bonchev–Trinajstić information content (AvgIpc) is 1.69. The molecule has 0 aromatic rings. The second-order valence-corrected chi connectivity index (χ2v) is 43.4. The Morgan fingerprint density at radius 1 is 0.357 bits per heavy atom. The summed E-state index contributed by atoms with van der Waals surface area (Å²) in [5.74, 6) is 6.08. The number of carbonyl (C=O) groups excluding carboxylic acids is 4. The summed E-state index contributed by atoms with van der Waals surface area (Å²) in [6.07, 6.45) is 40.5. The lowest BCUT2D eigenvalue weighted by atomic mass is 9.90. The molecule has 11 rings (SSSR count). The fraction of sp³-hybridized carbons (Fsp3) is 0.959. The highest BCUT2D eigenvalue weighted by molar-refractivity contribution is 6.09. The summed E-state index contributed by atoms with van der Waals surface area (Å²) in [6.45, 7) is 52.9. The first-order valence-electron chi connectivity index (χ1n) is 52.4. The SMILES string of the molecule is CC(C)(C)OC(=O)OC1CCCCC1.CC(C)(C)OC(=O)OCC1CC2CCC1C2.CC(C)(C)OC(=O)OCC1CC2CCC1O2.CC(C)(C)OC(=O)OCCC[SiH3].CC1(OC2CCCCC2)CCCC1.CCOC(C)OCC1CC2CCC1C2.CCOC(C)OCC1CC2CCC1O2.CCOC(C)OCCC[SiH3].COCCC[SiH3].COCCC[SiH3].C[SiH3].C[SiH3].C[SiH3].C[SiH3]. The van der Waals surface area contributed by atoms with Gasteiger partial charge in [0, 0.05) is 107 Å². The molecular formula is C98H210O23Si8. The van der Waals surface area contributed by atoms with Gasteiger partial charge in [0.1, 0.15) is 35.1 Å². The molecule has 31 heteroatoms. The maximum atomic E-state index is 11.4. The van der Waals surface area contributed by atoms with Crippen LogP contribution in [0.1, 0.15) is 337 Å². The summed E-state index contributed by atoms with van der Waals surface area (Å²) in [4.78, 5) is 44.9. The van der Waals surface area contributed by atoms with E-state index >= 15 is 0 Å². The van der Waals surface area contributed by atoms with Gasteiger partial charge in [-0.05, 0) is 362 Å². The van der Waals surface area contributed by atoms with E-state index < -0.39 is 47.0 Å². The van der Waals surface area contributed by atoms with Crippen molar-refractivity contribution in [3.05, 3.63) is 0 Å². The molecule has 772 valence electrons. The highest BCUT2D eigenvalue weighted by Crippen LogP contribution is 2.50. The van der Waals surface area contributed by atoms with Gasteiger partial charge >= 0.3 is 24.6 Å². The minimum atomic E-state index is -0.574. The third-order valence-corrected chi connectivity index (χ3v) is 26.2. The molecule has 23 nitrogen and oxygen atoms in total. The maximum Gasteiger partial charge on any atom is 0.509 e. The second kappa shape index (κ2) is 80.2. The van der Waals surface area contributed by atoms with Crippen molar-refractivity contribution in [2.24, 2.45) is 47.3 Å². The second-order valence-electron chi connectivity index (χ2n) is 39.4. The Bertz CT molecular complexity index is 2480. The zero-order chi connectivity index (χ0) is 98.3. The topological polar surface area (TPSA) is 244 Å². The van der Waals surface area contributed by atoms with Gasteiger partial charge in [0.25, 0.3) is 0 Å². The van der Waals surface area contributed by atoms with Crippen molar-refractivity contribution in [2.75, 3.05) is 86.9 Å². The molecule has 7 saturated carbocycles. The van der Waals surface area contributed by atoms with Crippen LogP contribution < -0.4 is 0 Å². The molecule has 15 unspecified atom stereocenters. The first-order chi connectivity index (χ1) is 61.3. The molecule has 0 amide bonds. The highest BCUT2D eigenvalue weighted by atomic mass is 28.2. The van der Waals surface area contributed by atoms with Gasteiger partial charge in [-0.2, -0.15) is 0 Å². The number of methoxy groups -OCH3 is 2. The molecule has 0 aromatic carbocycles. The smallest absolute Gasteiger partial charge is 0.434 e. The zero-order valence-electron chi connectivity index (χ0n) is 89.9. The van der Waals surface area contributed by atoms with Gasteiger partial charge in [0.15, 0.2) is 18.9 Å². The molecule has 8 bridgehead atoms. The summed E-state index contributed by atoms with van der Waals surface area (Å²) in [5, 5.41) is 0. The number of fused-ring (bicyclic) bond motifs is 8. The zero-order valence-corrected chi connectivity index (χ0v) is 106. The van der Waals surface area contributed by atoms with Crippen molar-refractivity contribution in [3.63, 3.8) is 0 Å². The molecule has 0 spiro atoms. The Kier molecular flexibility index (Phi) is 81.8. The van der Waals surface area contributed by atoms with Crippen LogP contribution in [0.5, 0.6) is 0 Å². The van der Waals surface area contributed by atoms with Crippen LogP contribution in [0.2, 0.25) is 50.4 Å². The van der Waals surface area contributed by atoms with E-state index in [2.05, 4.69) is 33.1 Å². The van der Waals surface area contributed by atoms with Gasteiger partial charge < -0.3 is 90.0 Å². The van der Waals surface area contributed by atoms with Gasteiger partial charge in [-0.3, -0.25) is 0 Å². The van der Waals surface area contributed by atoms with Crippen LogP contribution in [0.4, 0.5) is 19.2 Å². The highest BCUT2D eigenvalue weighted by Gasteiger charge is 2.44. The van der Waals surface area contributed by atoms with Gasteiger partial charge in [-0.15, -0.1) is 0 Å². The van der Waals surface area contributed by atoms with Gasteiger partial charge in [0.2, 0.25) is 0 Å². The molecule has 7 aliphatic carbocycles. The maximum absolute atomic E-state index is 11.4. The lowest BCUT2D eigenvalue weighted by molar-refractivity contribution is -0.138. The van der Waals surface area contributed by atoms with Crippen LogP contribution >= 0.6 is 0 Å². The van der Waals surface area contributed by atoms with E-state index in [1.54, 1.807) is 14.2 Å². The summed E-state index contributed by atoms with van der Waals surface area (Å²) in [5.41, 5.74) is -1.58. The molecule has 15 atom stereocenters. The molecule has 4 saturated heterocycles. The molecule has 0 N–H and O–H groups in total. The molecule has 0 radical (unpaired) electrons. The summed E-state index contributed by atoms with van der Waals surface area (Å²) in [7, 11) is 13.8. The van der Waals surface area contributed by atoms with Crippen LogP contribution in [0.15, 0.2) is 0 Å². The summed E-state index contributed by atoms with van der Waals surface area (Å²) >= 11 is 0. The first kappa shape index (κ1) is 132. The van der Waals surface area contributed by atoms with E-state index in [0.717, 1.165) is 143 Å². The van der Waals surface area contributed by atoms with Crippen LogP contribution in [0.25, 0.3) is 0 Å². The van der Waals surface area contributed by atoms with E-state index in [-0.39, 0.29) is 30.6 Å². The van der Waals surface area contributed by atoms with E-state index in [1.165, 1.54) is 244 Å². The molecular weight excluding hydrogens is 1770 g/mol. The number of ether oxygens (including phenoxy) is 19. The number of rotatable bonds is 32. The van der Waals surface area contributed by atoms with Crippen molar-refractivity contribution in [1.29, 1.82) is 0 Å². The minimum Gasteiger partial charge on any atom is -0.434 e. The largest absolute Gasteiger partial charge is 0.509 e. The van der Waals surface area contributed by atoms with Gasteiger partial charge in [0.05, 0.1) is 62.5 Å².